The Labute approximate surface area is 156 Å². The molecule has 0 aromatic heterocycles. The first-order valence-electron chi connectivity index (χ1n) is 9.59. The molecule has 1 fully saturated rings. The lowest BCUT2D eigenvalue weighted by Gasteiger charge is -2.30. The molecule has 3 rings (SSSR count). The molecule has 0 spiro atoms. The minimum atomic E-state index is 0.435. The molecule has 0 atom stereocenters. The van der Waals surface area contributed by atoms with E-state index in [1.54, 1.807) is 0 Å². The van der Waals surface area contributed by atoms with Gasteiger partial charge in [0.15, 0.2) is 0 Å². The number of phenols is 2. The first-order chi connectivity index (χ1) is 12.3. The van der Waals surface area contributed by atoms with E-state index in [9.17, 15) is 10.2 Å². The van der Waals surface area contributed by atoms with Crippen LogP contribution in [0.15, 0.2) is 24.3 Å². The highest BCUT2D eigenvalue weighted by Crippen LogP contribution is 2.23. The Bertz CT molecular complexity index is 679. The van der Waals surface area contributed by atoms with Crippen molar-refractivity contribution in [1.82, 2.24) is 0 Å². The van der Waals surface area contributed by atoms with Gasteiger partial charge in [0.2, 0.25) is 0 Å². The van der Waals surface area contributed by atoms with E-state index in [2.05, 4.69) is 26.0 Å². The summed E-state index contributed by atoms with van der Waals surface area (Å²) in [6.45, 7) is 14.4. The SMILES string of the molecule is Cc1cc(C)c(C[NH+]2CC[NH+](Cc3c(C)cc(C)cc3O)CC2)c(O)c1. The molecule has 0 aliphatic carbocycles. The number of aryl methyl sites for hydroxylation is 4. The van der Waals surface area contributed by atoms with Crippen LogP contribution < -0.4 is 9.80 Å². The fourth-order valence-corrected chi connectivity index (χ4v) is 4.22. The molecule has 2 aromatic carbocycles. The number of phenolic OH excluding ortho intramolecular Hbond substituents is 2. The average molecular weight is 357 g/mol. The molecule has 1 aliphatic heterocycles. The average Bonchev–Trinajstić information content (AvgIpc) is 2.55. The van der Waals surface area contributed by atoms with Crippen LogP contribution in [0.3, 0.4) is 0 Å². The lowest BCUT2D eigenvalue weighted by atomic mass is 10.0. The highest BCUT2D eigenvalue weighted by molar-refractivity contribution is 5.42. The Morgan fingerprint density at radius 1 is 0.654 bits per heavy atom. The third-order valence-corrected chi connectivity index (χ3v) is 5.71. The minimum Gasteiger partial charge on any atom is -0.507 e. The van der Waals surface area contributed by atoms with Gasteiger partial charge in [0.05, 0.1) is 11.1 Å². The summed E-state index contributed by atoms with van der Waals surface area (Å²) < 4.78 is 0. The van der Waals surface area contributed by atoms with Gasteiger partial charge in [0.1, 0.15) is 50.8 Å². The van der Waals surface area contributed by atoms with Gasteiger partial charge in [-0.25, -0.2) is 0 Å². The molecule has 1 saturated heterocycles. The summed E-state index contributed by atoms with van der Waals surface area (Å²) in [5.74, 6) is 0.870. The van der Waals surface area contributed by atoms with Gasteiger partial charge < -0.3 is 20.0 Å². The molecule has 4 heteroatoms. The van der Waals surface area contributed by atoms with E-state index < -0.39 is 0 Å². The van der Waals surface area contributed by atoms with Crippen molar-refractivity contribution >= 4 is 0 Å². The van der Waals surface area contributed by atoms with Gasteiger partial charge in [-0.1, -0.05) is 12.1 Å². The van der Waals surface area contributed by atoms with Crippen LogP contribution in [0.25, 0.3) is 0 Å². The predicted octanol–water partition coefficient (Wildman–Crippen LogP) is 0.815. The van der Waals surface area contributed by atoms with Crippen LogP contribution in [0.2, 0.25) is 0 Å². The molecule has 140 valence electrons. The van der Waals surface area contributed by atoms with Crippen molar-refractivity contribution in [3.8, 4) is 11.5 Å². The lowest BCUT2D eigenvalue weighted by molar-refractivity contribution is -1.02. The zero-order valence-corrected chi connectivity index (χ0v) is 16.4. The van der Waals surface area contributed by atoms with Gasteiger partial charge in [-0.2, -0.15) is 0 Å². The van der Waals surface area contributed by atoms with Crippen LogP contribution in [0.5, 0.6) is 11.5 Å². The van der Waals surface area contributed by atoms with Crippen LogP contribution in [0, 0.1) is 27.7 Å². The monoisotopic (exact) mass is 356 g/mol. The number of rotatable bonds is 4. The summed E-state index contributed by atoms with van der Waals surface area (Å²) in [5.41, 5.74) is 6.76. The van der Waals surface area contributed by atoms with E-state index in [1.165, 1.54) is 20.9 Å². The molecule has 4 N–H and O–H groups in total. The highest BCUT2D eigenvalue weighted by atomic mass is 16.3. The van der Waals surface area contributed by atoms with Crippen molar-refractivity contribution in [2.24, 2.45) is 0 Å². The summed E-state index contributed by atoms with van der Waals surface area (Å²) in [5, 5.41) is 20.6. The highest BCUT2D eigenvalue weighted by Gasteiger charge is 2.25. The Kier molecular flexibility index (Phi) is 5.54. The summed E-state index contributed by atoms with van der Waals surface area (Å²) >= 11 is 0. The lowest BCUT2D eigenvalue weighted by Crippen LogP contribution is -3.27. The number of aromatic hydroxyl groups is 2. The number of nitrogens with one attached hydrogen (secondary N) is 2. The third kappa shape index (κ3) is 4.19. The fraction of sp³-hybridized carbons (Fsp3) is 0.455. The van der Waals surface area contributed by atoms with Crippen LogP contribution >= 0.6 is 0 Å². The van der Waals surface area contributed by atoms with Gasteiger partial charge in [-0.15, -0.1) is 0 Å². The number of hydrogen-bond donors (Lipinski definition) is 4. The first kappa shape index (κ1) is 18.7. The van der Waals surface area contributed by atoms with Crippen molar-refractivity contribution in [2.45, 2.75) is 40.8 Å². The summed E-state index contributed by atoms with van der Waals surface area (Å²) in [7, 11) is 0. The van der Waals surface area contributed by atoms with Gasteiger partial charge in [-0.05, 0) is 62.1 Å². The predicted molar refractivity (Wildman–Crippen MR) is 104 cm³/mol. The molecular formula is C22H32N2O2+2. The number of quaternary nitrogens is 2. The first-order valence-corrected chi connectivity index (χ1v) is 9.59. The molecule has 0 saturated carbocycles. The normalized spacial score (nSPS) is 20.3. The van der Waals surface area contributed by atoms with Gasteiger partial charge in [-0.3, -0.25) is 0 Å². The van der Waals surface area contributed by atoms with Gasteiger partial charge in [0, 0.05) is 0 Å². The topological polar surface area (TPSA) is 49.3 Å². The van der Waals surface area contributed by atoms with E-state index in [4.69, 9.17) is 0 Å². The Morgan fingerprint density at radius 3 is 1.31 bits per heavy atom. The Hall–Kier alpha value is -2.04. The molecule has 26 heavy (non-hydrogen) atoms. The molecule has 0 radical (unpaired) electrons. The quantitative estimate of drug-likeness (QED) is 0.656. The Balaban J connectivity index is 1.60. The minimum absolute atomic E-state index is 0.435. The number of benzene rings is 2. The van der Waals surface area contributed by atoms with Crippen LogP contribution in [-0.2, 0) is 13.1 Å². The van der Waals surface area contributed by atoms with E-state index in [1.807, 2.05) is 26.0 Å². The van der Waals surface area contributed by atoms with Crippen LogP contribution in [0.1, 0.15) is 33.4 Å². The summed E-state index contributed by atoms with van der Waals surface area (Å²) in [4.78, 5) is 3.06. The largest absolute Gasteiger partial charge is 0.507 e. The van der Waals surface area contributed by atoms with E-state index in [-0.39, 0.29) is 0 Å². The van der Waals surface area contributed by atoms with E-state index in [0.717, 1.165) is 61.5 Å². The van der Waals surface area contributed by atoms with Crippen molar-refractivity contribution in [2.75, 3.05) is 26.2 Å². The number of piperazine rings is 1. The molecule has 4 nitrogen and oxygen atoms in total. The molecular weight excluding hydrogens is 324 g/mol. The van der Waals surface area contributed by atoms with Crippen molar-refractivity contribution in [3.05, 3.63) is 57.6 Å². The van der Waals surface area contributed by atoms with Crippen LogP contribution in [0.4, 0.5) is 0 Å². The molecule has 2 aromatic rings. The fourth-order valence-electron chi connectivity index (χ4n) is 4.22. The van der Waals surface area contributed by atoms with Crippen LogP contribution in [-0.4, -0.2) is 36.4 Å². The molecule has 0 bridgehead atoms. The van der Waals surface area contributed by atoms with Gasteiger partial charge >= 0.3 is 0 Å². The van der Waals surface area contributed by atoms with Crippen molar-refractivity contribution < 1.29 is 20.0 Å². The van der Waals surface area contributed by atoms with Crippen molar-refractivity contribution in [3.63, 3.8) is 0 Å². The second-order valence-corrected chi connectivity index (χ2v) is 8.01. The molecule has 0 amide bonds. The maximum atomic E-state index is 10.3. The summed E-state index contributed by atoms with van der Waals surface area (Å²) in [6, 6.07) is 8.04. The maximum Gasteiger partial charge on any atom is 0.127 e. The third-order valence-electron chi connectivity index (χ3n) is 5.71. The molecule has 0 unspecified atom stereocenters. The molecule has 1 aliphatic rings. The Morgan fingerprint density at radius 2 is 1.00 bits per heavy atom. The number of hydrogen-bond acceptors (Lipinski definition) is 2. The van der Waals surface area contributed by atoms with E-state index in [0.29, 0.717) is 11.5 Å². The van der Waals surface area contributed by atoms with Crippen molar-refractivity contribution in [1.29, 1.82) is 0 Å². The zero-order valence-electron chi connectivity index (χ0n) is 16.4. The molecule has 1 heterocycles. The maximum absolute atomic E-state index is 10.3. The second kappa shape index (κ2) is 7.68. The van der Waals surface area contributed by atoms with E-state index >= 15 is 0 Å². The smallest absolute Gasteiger partial charge is 0.127 e. The second-order valence-electron chi connectivity index (χ2n) is 8.01. The van der Waals surface area contributed by atoms with Gasteiger partial charge in [0.25, 0.3) is 0 Å². The summed E-state index contributed by atoms with van der Waals surface area (Å²) in [6.07, 6.45) is 0. The zero-order chi connectivity index (χ0) is 18.8. The standard InChI is InChI=1S/C22H30N2O2/c1-15-9-17(3)19(21(25)11-15)13-23-5-7-24(8-6-23)14-20-18(4)10-16(2)12-22(20)26/h9-12,25-26H,5-8,13-14H2,1-4H3/p+2.